The van der Waals surface area contributed by atoms with Gasteiger partial charge in [0.15, 0.2) is 0 Å². The zero-order valence-electron chi connectivity index (χ0n) is 11.1. The van der Waals surface area contributed by atoms with Gasteiger partial charge in [-0.05, 0) is 39.5 Å². The Balaban J connectivity index is 1.91. The number of likely N-dealkylation sites (tertiary alicyclic amines) is 1. The third-order valence-electron chi connectivity index (χ3n) is 3.83. The van der Waals surface area contributed by atoms with Crippen LogP contribution < -0.4 is 5.32 Å². The molecule has 0 bridgehead atoms. The fourth-order valence-corrected chi connectivity index (χ4v) is 2.85. The summed E-state index contributed by atoms with van der Waals surface area (Å²) >= 11 is 0. The molecule has 2 aliphatic rings. The molecule has 102 valence electrons. The van der Waals surface area contributed by atoms with Crippen LogP contribution in [0.15, 0.2) is 0 Å². The van der Waals surface area contributed by atoms with Gasteiger partial charge in [0.05, 0.1) is 18.6 Å². The standard InChI is InChI=1S/C13H22N2O3/c1-8(2)15-12(17)7-11(13(15)18)14-9-3-5-10(16)6-4-9/h8-11,14,16H,3-7H2,1-2H3. The molecule has 2 amide bonds. The van der Waals surface area contributed by atoms with Crippen molar-refractivity contribution < 1.29 is 14.7 Å². The zero-order chi connectivity index (χ0) is 13.3. The first-order chi connectivity index (χ1) is 8.49. The molecule has 1 atom stereocenters. The van der Waals surface area contributed by atoms with Crippen molar-refractivity contribution in [3.8, 4) is 0 Å². The van der Waals surface area contributed by atoms with E-state index in [1.165, 1.54) is 4.90 Å². The molecule has 1 heterocycles. The number of aliphatic hydroxyl groups is 1. The van der Waals surface area contributed by atoms with Crippen LogP contribution in [0.2, 0.25) is 0 Å². The second-order valence-electron chi connectivity index (χ2n) is 5.62. The molecule has 1 aliphatic carbocycles. The van der Waals surface area contributed by atoms with Crippen LogP contribution in [-0.4, -0.2) is 46.1 Å². The van der Waals surface area contributed by atoms with Crippen molar-refractivity contribution in [1.29, 1.82) is 0 Å². The Morgan fingerprint density at radius 3 is 2.33 bits per heavy atom. The third kappa shape index (κ3) is 2.72. The summed E-state index contributed by atoms with van der Waals surface area (Å²) < 4.78 is 0. The average molecular weight is 254 g/mol. The maximum atomic E-state index is 12.1. The molecule has 0 aromatic heterocycles. The van der Waals surface area contributed by atoms with Crippen LogP contribution in [0.3, 0.4) is 0 Å². The van der Waals surface area contributed by atoms with Crippen LogP contribution >= 0.6 is 0 Å². The van der Waals surface area contributed by atoms with Crippen LogP contribution in [0, 0.1) is 0 Å². The second-order valence-corrected chi connectivity index (χ2v) is 5.62. The van der Waals surface area contributed by atoms with Gasteiger partial charge in [-0.25, -0.2) is 0 Å². The molecule has 0 spiro atoms. The molecule has 2 fully saturated rings. The first-order valence-electron chi connectivity index (χ1n) is 6.79. The fraction of sp³-hybridized carbons (Fsp3) is 0.846. The van der Waals surface area contributed by atoms with E-state index in [1.807, 2.05) is 13.8 Å². The molecule has 5 heteroatoms. The van der Waals surface area contributed by atoms with E-state index in [4.69, 9.17) is 0 Å². The Labute approximate surface area is 108 Å². The van der Waals surface area contributed by atoms with E-state index in [2.05, 4.69) is 5.32 Å². The summed E-state index contributed by atoms with van der Waals surface area (Å²) in [7, 11) is 0. The number of imide groups is 1. The molecular weight excluding hydrogens is 232 g/mol. The van der Waals surface area contributed by atoms with Gasteiger partial charge in [0, 0.05) is 12.1 Å². The monoisotopic (exact) mass is 254 g/mol. The third-order valence-corrected chi connectivity index (χ3v) is 3.83. The Kier molecular flexibility index (Phi) is 4.02. The largest absolute Gasteiger partial charge is 0.393 e. The highest BCUT2D eigenvalue weighted by Crippen LogP contribution is 2.22. The SMILES string of the molecule is CC(C)N1C(=O)CC(NC2CCC(O)CC2)C1=O. The van der Waals surface area contributed by atoms with Gasteiger partial charge in [-0.15, -0.1) is 0 Å². The van der Waals surface area contributed by atoms with Crippen molar-refractivity contribution >= 4 is 11.8 Å². The minimum absolute atomic E-state index is 0.0648. The number of nitrogens with zero attached hydrogens (tertiary/aromatic N) is 1. The van der Waals surface area contributed by atoms with Crippen LogP contribution in [0.4, 0.5) is 0 Å². The van der Waals surface area contributed by atoms with Gasteiger partial charge in [-0.1, -0.05) is 0 Å². The fourth-order valence-electron chi connectivity index (χ4n) is 2.85. The summed E-state index contributed by atoms with van der Waals surface area (Å²) in [6.07, 6.45) is 3.38. The molecule has 2 N–H and O–H groups in total. The number of hydrogen-bond donors (Lipinski definition) is 2. The van der Waals surface area contributed by atoms with Gasteiger partial charge >= 0.3 is 0 Å². The number of carbonyl (C=O) groups is 2. The summed E-state index contributed by atoms with van der Waals surface area (Å²) in [6.45, 7) is 3.71. The maximum Gasteiger partial charge on any atom is 0.247 e. The average Bonchev–Trinajstić information content (AvgIpc) is 2.57. The van der Waals surface area contributed by atoms with E-state index in [0.29, 0.717) is 0 Å². The smallest absolute Gasteiger partial charge is 0.247 e. The Morgan fingerprint density at radius 1 is 1.22 bits per heavy atom. The van der Waals surface area contributed by atoms with E-state index in [-0.39, 0.29) is 42.5 Å². The molecule has 2 rings (SSSR count). The quantitative estimate of drug-likeness (QED) is 0.716. The van der Waals surface area contributed by atoms with E-state index in [1.54, 1.807) is 0 Å². The van der Waals surface area contributed by atoms with Crippen molar-refractivity contribution in [3.05, 3.63) is 0 Å². The summed E-state index contributed by atoms with van der Waals surface area (Å²) in [5.41, 5.74) is 0. The number of amides is 2. The minimum Gasteiger partial charge on any atom is -0.393 e. The molecule has 18 heavy (non-hydrogen) atoms. The van der Waals surface area contributed by atoms with Gasteiger partial charge in [0.25, 0.3) is 0 Å². The Bertz CT molecular complexity index is 335. The van der Waals surface area contributed by atoms with Crippen molar-refractivity contribution in [3.63, 3.8) is 0 Å². The second kappa shape index (κ2) is 5.36. The van der Waals surface area contributed by atoms with E-state index < -0.39 is 0 Å². The van der Waals surface area contributed by atoms with Crippen molar-refractivity contribution in [2.24, 2.45) is 0 Å². The van der Waals surface area contributed by atoms with Crippen molar-refractivity contribution in [2.75, 3.05) is 0 Å². The predicted molar refractivity (Wildman–Crippen MR) is 66.8 cm³/mol. The number of rotatable bonds is 3. The highest BCUT2D eigenvalue weighted by atomic mass is 16.3. The van der Waals surface area contributed by atoms with Gasteiger partial charge < -0.3 is 10.4 Å². The van der Waals surface area contributed by atoms with E-state index in [9.17, 15) is 14.7 Å². The van der Waals surface area contributed by atoms with Gasteiger partial charge in [-0.2, -0.15) is 0 Å². The van der Waals surface area contributed by atoms with Gasteiger partial charge in [-0.3, -0.25) is 14.5 Å². The molecule has 5 nitrogen and oxygen atoms in total. The van der Waals surface area contributed by atoms with E-state index in [0.717, 1.165) is 25.7 Å². The summed E-state index contributed by atoms with van der Waals surface area (Å²) in [4.78, 5) is 25.2. The lowest BCUT2D eigenvalue weighted by Crippen LogP contribution is -2.46. The molecule has 1 saturated carbocycles. The van der Waals surface area contributed by atoms with Crippen LogP contribution in [0.5, 0.6) is 0 Å². The lowest BCUT2D eigenvalue weighted by Gasteiger charge is -2.28. The zero-order valence-corrected chi connectivity index (χ0v) is 11.1. The molecule has 0 aromatic carbocycles. The first kappa shape index (κ1) is 13.5. The number of hydrogen-bond acceptors (Lipinski definition) is 4. The normalized spacial score (nSPS) is 33.6. The topological polar surface area (TPSA) is 69.6 Å². The van der Waals surface area contributed by atoms with E-state index >= 15 is 0 Å². The van der Waals surface area contributed by atoms with Crippen molar-refractivity contribution in [2.45, 2.75) is 70.2 Å². The van der Waals surface area contributed by atoms with Crippen LogP contribution in [0.1, 0.15) is 46.0 Å². The summed E-state index contributed by atoms with van der Waals surface area (Å²) in [6, 6.07) is -0.174. The van der Waals surface area contributed by atoms with Crippen LogP contribution in [-0.2, 0) is 9.59 Å². The predicted octanol–water partition coefficient (Wildman–Crippen LogP) is 0.415. The maximum absolute atomic E-state index is 12.1. The molecule has 1 saturated heterocycles. The highest BCUT2D eigenvalue weighted by molar-refractivity contribution is 6.05. The first-order valence-corrected chi connectivity index (χ1v) is 6.79. The Hall–Kier alpha value is -0.940. The molecule has 1 aliphatic heterocycles. The lowest BCUT2D eigenvalue weighted by molar-refractivity contribution is -0.140. The lowest BCUT2D eigenvalue weighted by atomic mass is 9.92. The summed E-state index contributed by atoms with van der Waals surface area (Å²) in [5, 5.41) is 12.7. The van der Waals surface area contributed by atoms with Gasteiger partial charge in [0.1, 0.15) is 0 Å². The minimum atomic E-state index is -0.361. The van der Waals surface area contributed by atoms with Crippen LogP contribution in [0.25, 0.3) is 0 Å². The number of carbonyl (C=O) groups excluding carboxylic acids is 2. The highest BCUT2D eigenvalue weighted by Gasteiger charge is 2.40. The Morgan fingerprint density at radius 2 is 1.83 bits per heavy atom. The number of nitrogens with one attached hydrogen (secondary N) is 1. The van der Waals surface area contributed by atoms with Crippen molar-refractivity contribution in [1.82, 2.24) is 10.2 Å². The molecular formula is C13H22N2O3. The molecule has 0 aromatic rings. The molecule has 0 radical (unpaired) electrons. The summed E-state index contributed by atoms with van der Waals surface area (Å²) in [5.74, 6) is -0.176. The van der Waals surface area contributed by atoms with Gasteiger partial charge in [0.2, 0.25) is 11.8 Å². The molecule has 1 unspecified atom stereocenters. The number of aliphatic hydroxyl groups excluding tert-OH is 1.